The van der Waals surface area contributed by atoms with Crippen LogP contribution in [0.4, 0.5) is 5.69 Å². The van der Waals surface area contributed by atoms with Gasteiger partial charge in [-0.2, -0.15) is 0 Å². The number of hydrogen-bond donors (Lipinski definition) is 1. The molecule has 0 spiro atoms. The highest BCUT2D eigenvalue weighted by Crippen LogP contribution is 2.27. The minimum atomic E-state index is -3.84. The van der Waals surface area contributed by atoms with E-state index < -0.39 is 10.0 Å². The van der Waals surface area contributed by atoms with E-state index in [-0.39, 0.29) is 4.90 Å². The molecule has 0 aliphatic rings. The van der Waals surface area contributed by atoms with Gasteiger partial charge in [0, 0.05) is 17.0 Å². The minimum Gasteiger partial charge on any atom is -0.277 e. The molecule has 0 aliphatic heterocycles. The SMILES string of the molecule is O=S(=O)(Nc1cccc2ccc(Cl)nc12)c1cccc2cccnc12. The Kier molecular flexibility index (Phi) is 3.78. The number of rotatable bonds is 3. The lowest BCUT2D eigenvalue weighted by Crippen LogP contribution is -2.14. The smallest absolute Gasteiger partial charge is 0.264 e. The van der Waals surface area contributed by atoms with Crippen molar-refractivity contribution in [1.82, 2.24) is 9.97 Å². The summed E-state index contributed by atoms with van der Waals surface area (Å²) in [4.78, 5) is 8.56. The summed E-state index contributed by atoms with van der Waals surface area (Å²) in [5, 5.41) is 1.84. The van der Waals surface area contributed by atoms with Gasteiger partial charge in [-0.3, -0.25) is 9.71 Å². The number of nitrogens with one attached hydrogen (secondary N) is 1. The molecule has 0 amide bonds. The van der Waals surface area contributed by atoms with Crippen molar-refractivity contribution in [2.45, 2.75) is 4.90 Å². The van der Waals surface area contributed by atoms with E-state index in [1.54, 1.807) is 42.6 Å². The highest BCUT2D eigenvalue weighted by atomic mass is 35.5. The van der Waals surface area contributed by atoms with Crippen LogP contribution >= 0.6 is 11.6 Å². The molecule has 2 aromatic heterocycles. The van der Waals surface area contributed by atoms with Crippen molar-refractivity contribution in [3.8, 4) is 0 Å². The van der Waals surface area contributed by atoms with Crippen molar-refractivity contribution in [2.75, 3.05) is 4.72 Å². The van der Waals surface area contributed by atoms with Gasteiger partial charge in [-0.1, -0.05) is 41.9 Å². The molecule has 25 heavy (non-hydrogen) atoms. The van der Waals surface area contributed by atoms with Crippen molar-refractivity contribution in [1.29, 1.82) is 0 Å². The van der Waals surface area contributed by atoms with Crippen LogP contribution in [-0.4, -0.2) is 18.4 Å². The molecule has 0 atom stereocenters. The van der Waals surface area contributed by atoms with Crippen LogP contribution in [0.25, 0.3) is 21.8 Å². The molecular weight excluding hydrogens is 358 g/mol. The van der Waals surface area contributed by atoms with E-state index in [0.717, 1.165) is 10.8 Å². The zero-order chi connectivity index (χ0) is 17.4. The van der Waals surface area contributed by atoms with Gasteiger partial charge in [-0.25, -0.2) is 13.4 Å². The molecule has 2 heterocycles. The van der Waals surface area contributed by atoms with E-state index in [4.69, 9.17) is 11.6 Å². The topological polar surface area (TPSA) is 72.0 Å². The van der Waals surface area contributed by atoms with Crippen LogP contribution in [-0.2, 0) is 10.0 Å². The normalized spacial score (nSPS) is 11.7. The standard InChI is InChI=1S/C18H12ClN3O2S/c19-16-10-9-13-4-1-7-14(17(13)21-16)22-25(23,24)15-8-2-5-12-6-3-11-20-18(12)15/h1-11,22H. The molecule has 4 rings (SSSR count). The van der Waals surface area contributed by atoms with Gasteiger partial charge in [0.1, 0.15) is 10.0 Å². The molecule has 7 heteroatoms. The fraction of sp³-hybridized carbons (Fsp3) is 0. The van der Waals surface area contributed by atoms with Crippen LogP contribution in [0.3, 0.4) is 0 Å². The van der Waals surface area contributed by atoms with Gasteiger partial charge in [-0.15, -0.1) is 0 Å². The predicted molar refractivity (Wildman–Crippen MR) is 99.3 cm³/mol. The number of pyridine rings is 2. The average molecular weight is 370 g/mol. The Balaban J connectivity index is 1.86. The number of para-hydroxylation sites is 2. The lowest BCUT2D eigenvalue weighted by Gasteiger charge is -2.11. The van der Waals surface area contributed by atoms with E-state index in [9.17, 15) is 8.42 Å². The van der Waals surface area contributed by atoms with E-state index >= 15 is 0 Å². The maximum atomic E-state index is 12.9. The van der Waals surface area contributed by atoms with Gasteiger partial charge in [0.15, 0.2) is 0 Å². The van der Waals surface area contributed by atoms with Gasteiger partial charge >= 0.3 is 0 Å². The van der Waals surface area contributed by atoms with E-state index in [2.05, 4.69) is 14.7 Å². The number of aromatic nitrogens is 2. The van der Waals surface area contributed by atoms with Crippen LogP contribution < -0.4 is 4.72 Å². The second-order valence-electron chi connectivity index (χ2n) is 5.45. The number of fused-ring (bicyclic) bond motifs is 2. The zero-order valence-corrected chi connectivity index (χ0v) is 14.4. The molecule has 5 nitrogen and oxygen atoms in total. The van der Waals surface area contributed by atoms with Gasteiger partial charge < -0.3 is 0 Å². The molecule has 0 fully saturated rings. The number of nitrogens with zero attached hydrogens (tertiary/aromatic N) is 2. The summed E-state index contributed by atoms with van der Waals surface area (Å²) in [7, 11) is -3.84. The molecule has 0 aliphatic carbocycles. The maximum Gasteiger partial charge on any atom is 0.264 e. The monoisotopic (exact) mass is 369 g/mol. The summed E-state index contributed by atoms with van der Waals surface area (Å²) in [6.45, 7) is 0. The van der Waals surface area contributed by atoms with Crippen LogP contribution in [0.1, 0.15) is 0 Å². The summed E-state index contributed by atoms with van der Waals surface area (Å²) in [6, 6.07) is 17.3. The quantitative estimate of drug-likeness (QED) is 0.548. The average Bonchev–Trinajstić information content (AvgIpc) is 2.61. The summed E-state index contributed by atoms with van der Waals surface area (Å²) >= 11 is 5.96. The van der Waals surface area contributed by atoms with Crippen molar-refractivity contribution in [3.05, 3.63) is 72.0 Å². The number of halogens is 1. The Labute approximate surface area is 149 Å². The first-order valence-corrected chi connectivity index (χ1v) is 9.32. The molecule has 1 N–H and O–H groups in total. The van der Waals surface area contributed by atoms with Crippen molar-refractivity contribution in [2.24, 2.45) is 0 Å². The number of benzene rings is 2. The third-order valence-corrected chi connectivity index (χ3v) is 5.42. The fourth-order valence-corrected chi connectivity index (χ4v) is 4.09. The zero-order valence-electron chi connectivity index (χ0n) is 12.8. The molecule has 0 unspecified atom stereocenters. The van der Waals surface area contributed by atoms with Gasteiger partial charge in [-0.05, 0) is 30.3 Å². The second-order valence-corrected chi connectivity index (χ2v) is 7.49. The third kappa shape index (κ3) is 2.90. The fourth-order valence-electron chi connectivity index (χ4n) is 2.70. The van der Waals surface area contributed by atoms with Gasteiger partial charge in [0.05, 0.1) is 16.7 Å². The van der Waals surface area contributed by atoms with Crippen LogP contribution in [0.2, 0.25) is 5.15 Å². The highest BCUT2D eigenvalue weighted by molar-refractivity contribution is 7.93. The molecule has 4 aromatic rings. The van der Waals surface area contributed by atoms with Gasteiger partial charge in [0.2, 0.25) is 0 Å². The minimum absolute atomic E-state index is 0.115. The number of hydrogen-bond acceptors (Lipinski definition) is 4. The Bertz CT molecular complexity index is 1200. The Hall–Kier alpha value is -2.70. The van der Waals surface area contributed by atoms with Crippen molar-refractivity contribution >= 4 is 49.1 Å². The van der Waals surface area contributed by atoms with E-state index in [1.165, 1.54) is 6.07 Å². The van der Waals surface area contributed by atoms with Crippen molar-refractivity contribution in [3.63, 3.8) is 0 Å². The highest BCUT2D eigenvalue weighted by Gasteiger charge is 2.19. The first kappa shape index (κ1) is 15.8. The van der Waals surface area contributed by atoms with Crippen molar-refractivity contribution < 1.29 is 8.42 Å². The Morgan fingerprint density at radius 2 is 1.56 bits per heavy atom. The molecule has 0 saturated heterocycles. The Morgan fingerprint density at radius 3 is 2.40 bits per heavy atom. The van der Waals surface area contributed by atoms with Gasteiger partial charge in [0.25, 0.3) is 10.0 Å². The van der Waals surface area contributed by atoms with E-state index in [0.29, 0.717) is 21.9 Å². The maximum absolute atomic E-state index is 12.9. The lowest BCUT2D eigenvalue weighted by atomic mass is 10.2. The summed E-state index contributed by atoms with van der Waals surface area (Å²) < 4.78 is 28.5. The molecule has 2 aromatic carbocycles. The van der Waals surface area contributed by atoms with Crippen LogP contribution in [0.15, 0.2) is 71.8 Å². The molecule has 0 bridgehead atoms. The summed E-state index contributed by atoms with van der Waals surface area (Å²) in [6.07, 6.45) is 1.57. The van der Waals surface area contributed by atoms with E-state index in [1.807, 2.05) is 18.2 Å². The van der Waals surface area contributed by atoms with Crippen LogP contribution in [0, 0.1) is 0 Å². The molecule has 0 saturated carbocycles. The van der Waals surface area contributed by atoms with Crippen LogP contribution in [0.5, 0.6) is 0 Å². The molecule has 124 valence electrons. The summed E-state index contributed by atoms with van der Waals surface area (Å²) in [5.74, 6) is 0. The third-order valence-electron chi connectivity index (χ3n) is 3.82. The second kappa shape index (κ2) is 5.98. The number of sulfonamides is 1. The first-order valence-electron chi connectivity index (χ1n) is 7.46. The summed E-state index contributed by atoms with van der Waals surface area (Å²) in [5.41, 5.74) is 1.28. The largest absolute Gasteiger partial charge is 0.277 e. The lowest BCUT2D eigenvalue weighted by molar-refractivity contribution is 0.602. The molecular formula is C18H12ClN3O2S. The first-order chi connectivity index (χ1) is 12.0. The Morgan fingerprint density at radius 1 is 0.840 bits per heavy atom. The number of anilines is 1. The predicted octanol–water partition coefficient (Wildman–Crippen LogP) is 4.24. The molecule has 0 radical (unpaired) electrons.